The maximum atomic E-state index is 13.4. The Morgan fingerprint density at radius 2 is 1.74 bits per heavy atom. The van der Waals surface area contributed by atoms with Crippen LogP contribution < -0.4 is 5.73 Å². The summed E-state index contributed by atoms with van der Waals surface area (Å²) in [5.41, 5.74) is 7.31. The molecule has 166 valence electrons. The Kier molecular flexibility index (Phi) is 7.21. The summed E-state index contributed by atoms with van der Waals surface area (Å²) in [6, 6.07) is 15.6. The lowest BCUT2D eigenvalue weighted by molar-refractivity contribution is -0.155. The van der Waals surface area contributed by atoms with Crippen LogP contribution in [0.5, 0.6) is 0 Å². The smallest absolute Gasteiger partial charge is 0.411 e. The van der Waals surface area contributed by atoms with Crippen LogP contribution in [0.3, 0.4) is 0 Å². The van der Waals surface area contributed by atoms with E-state index >= 15 is 0 Å². The number of hydrogen-bond acceptors (Lipinski definition) is 5. The van der Waals surface area contributed by atoms with E-state index in [9.17, 15) is 9.59 Å². The summed E-state index contributed by atoms with van der Waals surface area (Å²) in [4.78, 5) is 28.1. The van der Waals surface area contributed by atoms with E-state index in [-0.39, 0.29) is 12.6 Å². The third-order valence-electron chi connectivity index (χ3n) is 5.17. The van der Waals surface area contributed by atoms with Crippen LogP contribution in [-0.2, 0) is 20.8 Å². The van der Waals surface area contributed by atoms with Crippen molar-refractivity contribution in [1.82, 2.24) is 4.90 Å². The summed E-state index contributed by atoms with van der Waals surface area (Å²) in [6.07, 6.45) is 3.13. The largest absolute Gasteiger partial charge is 0.461 e. The molecule has 0 aliphatic heterocycles. The zero-order valence-electron chi connectivity index (χ0n) is 18.5. The van der Waals surface area contributed by atoms with E-state index in [1.54, 1.807) is 32.9 Å². The van der Waals surface area contributed by atoms with Gasteiger partial charge in [0.05, 0.1) is 6.54 Å². The van der Waals surface area contributed by atoms with E-state index in [1.165, 1.54) is 4.90 Å². The molecule has 2 N–H and O–H groups in total. The predicted molar refractivity (Wildman–Crippen MR) is 120 cm³/mol. The van der Waals surface area contributed by atoms with Crippen molar-refractivity contribution < 1.29 is 19.1 Å². The van der Waals surface area contributed by atoms with Gasteiger partial charge in [0.15, 0.2) is 6.04 Å². The molecule has 3 rings (SSSR count). The molecular formula is C25H32N2O4. The van der Waals surface area contributed by atoms with Gasteiger partial charge in [-0.05, 0) is 69.7 Å². The number of anilines is 1. The average molecular weight is 425 g/mol. The second kappa shape index (κ2) is 9.86. The molecule has 2 aromatic carbocycles. The van der Waals surface area contributed by atoms with Crippen LogP contribution in [0.25, 0.3) is 0 Å². The Balaban J connectivity index is 1.97. The first-order chi connectivity index (χ1) is 14.7. The lowest BCUT2D eigenvalue weighted by atomic mass is 10.0. The molecular weight excluding hydrogens is 392 g/mol. The van der Waals surface area contributed by atoms with Gasteiger partial charge < -0.3 is 15.2 Å². The minimum absolute atomic E-state index is 0.105. The van der Waals surface area contributed by atoms with E-state index < -0.39 is 23.7 Å². The van der Waals surface area contributed by atoms with E-state index in [4.69, 9.17) is 15.2 Å². The molecule has 1 aliphatic carbocycles. The second-order valence-electron chi connectivity index (χ2n) is 9.01. The van der Waals surface area contributed by atoms with Crippen molar-refractivity contribution in [3.05, 3.63) is 65.7 Å². The zero-order valence-corrected chi connectivity index (χ0v) is 18.5. The van der Waals surface area contributed by atoms with Crippen molar-refractivity contribution in [2.24, 2.45) is 0 Å². The van der Waals surface area contributed by atoms with Crippen LogP contribution in [0.2, 0.25) is 0 Å². The Labute approximate surface area is 184 Å². The monoisotopic (exact) mass is 424 g/mol. The number of rotatable bonds is 6. The highest BCUT2D eigenvalue weighted by Gasteiger charge is 2.37. The molecule has 0 bridgehead atoms. The number of ether oxygens (including phenoxy) is 2. The van der Waals surface area contributed by atoms with Gasteiger partial charge in [-0.25, -0.2) is 9.59 Å². The molecule has 1 aliphatic rings. The van der Waals surface area contributed by atoms with Gasteiger partial charge >= 0.3 is 12.1 Å². The molecule has 0 spiro atoms. The van der Waals surface area contributed by atoms with Gasteiger partial charge in [0, 0.05) is 5.69 Å². The Bertz CT molecular complexity index is 886. The number of nitrogen functional groups attached to an aromatic ring is 1. The fraction of sp³-hybridized carbons (Fsp3) is 0.440. The lowest BCUT2D eigenvalue weighted by Crippen LogP contribution is -2.43. The molecule has 1 fully saturated rings. The highest BCUT2D eigenvalue weighted by molar-refractivity contribution is 5.83. The van der Waals surface area contributed by atoms with Crippen molar-refractivity contribution in [3.63, 3.8) is 0 Å². The molecule has 6 heteroatoms. The molecule has 0 saturated heterocycles. The number of nitrogens with two attached hydrogens (primary N) is 1. The molecule has 1 amide bonds. The van der Waals surface area contributed by atoms with Gasteiger partial charge in [0.1, 0.15) is 11.7 Å². The molecule has 1 saturated carbocycles. The van der Waals surface area contributed by atoms with Gasteiger partial charge in [-0.15, -0.1) is 0 Å². The molecule has 0 heterocycles. The van der Waals surface area contributed by atoms with E-state index in [1.807, 2.05) is 42.5 Å². The van der Waals surface area contributed by atoms with Crippen molar-refractivity contribution in [1.29, 1.82) is 0 Å². The average Bonchev–Trinajstić information content (AvgIpc) is 3.20. The number of hydrogen-bond donors (Lipinski definition) is 1. The van der Waals surface area contributed by atoms with Crippen LogP contribution in [0.1, 0.15) is 63.6 Å². The quantitative estimate of drug-likeness (QED) is 0.507. The second-order valence-corrected chi connectivity index (χ2v) is 9.01. The molecule has 0 radical (unpaired) electrons. The fourth-order valence-corrected chi connectivity index (χ4v) is 3.78. The predicted octanol–water partition coefficient (Wildman–Crippen LogP) is 5.23. The molecule has 1 unspecified atom stereocenters. The van der Waals surface area contributed by atoms with E-state index in [0.29, 0.717) is 11.3 Å². The third kappa shape index (κ3) is 6.48. The van der Waals surface area contributed by atoms with Gasteiger partial charge in [0.25, 0.3) is 0 Å². The Morgan fingerprint density at radius 1 is 1.06 bits per heavy atom. The lowest BCUT2D eigenvalue weighted by Gasteiger charge is -2.33. The van der Waals surface area contributed by atoms with Crippen molar-refractivity contribution in [2.45, 2.75) is 70.7 Å². The van der Waals surface area contributed by atoms with Gasteiger partial charge in [-0.1, -0.05) is 42.5 Å². The zero-order chi connectivity index (χ0) is 22.4. The number of carbonyl (C=O) groups is 2. The maximum absolute atomic E-state index is 13.4. The van der Waals surface area contributed by atoms with E-state index in [0.717, 1.165) is 31.2 Å². The van der Waals surface area contributed by atoms with Crippen LogP contribution in [0.15, 0.2) is 54.6 Å². The number of amides is 1. The Hall–Kier alpha value is -3.02. The highest BCUT2D eigenvalue weighted by Crippen LogP contribution is 2.30. The Morgan fingerprint density at radius 3 is 2.35 bits per heavy atom. The summed E-state index contributed by atoms with van der Waals surface area (Å²) >= 11 is 0. The number of carbonyl (C=O) groups excluding carboxylic acids is 2. The molecule has 0 aromatic heterocycles. The standard InChI is InChI=1S/C25H32N2O4/c1-25(2,3)31-24(29)27(17-18-10-9-13-20(26)16-18)22(19-11-5-4-6-12-19)23(28)30-21-14-7-8-15-21/h4-6,9-13,16,21-22H,7-8,14-15,17,26H2,1-3H3. The number of nitrogens with zero attached hydrogens (tertiary/aromatic N) is 1. The maximum Gasteiger partial charge on any atom is 0.411 e. The SMILES string of the molecule is CC(C)(C)OC(=O)N(Cc1cccc(N)c1)C(C(=O)OC1CCCC1)c1ccccc1. The summed E-state index contributed by atoms with van der Waals surface area (Å²) in [7, 11) is 0. The highest BCUT2D eigenvalue weighted by atomic mass is 16.6. The number of esters is 1. The van der Waals surface area contributed by atoms with Gasteiger partial charge in [0.2, 0.25) is 0 Å². The molecule has 1 atom stereocenters. The van der Waals surface area contributed by atoms with Crippen LogP contribution in [-0.4, -0.2) is 28.7 Å². The molecule has 6 nitrogen and oxygen atoms in total. The minimum Gasteiger partial charge on any atom is -0.461 e. The summed E-state index contributed by atoms with van der Waals surface area (Å²) in [5, 5.41) is 0. The summed E-state index contributed by atoms with van der Waals surface area (Å²) < 4.78 is 11.5. The third-order valence-corrected chi connectivity index (χ3v) is 5.17. The summed E-state index contributed by atoms with van der Waals surface area (Å²) in [5.74, 6) is -0.437. The van der Waals surface area contributed by atoms with Crippen LogP contribution >= 0.6 is 0 Å². The van der Waals surface area contributed by atoms with Crippen LogP contribution in [0, 0.1) is 0 Å². The van der Waals surface area contributed by atoms with Gasteiger partial charge in [-0.3, -0.25) is 4.90 Å². The fourth-order valence-electron chi connectivity index (χ4n) is 3.78. The van der Waals surface area contributed by atoms with Crippen molar-refractivity contribution in [2.75, 3.05) is 5.73 Å². The van der Waals surface area contributed by atoms with Gasteiger partial charge in [-0.2, -0.15) is 0 Å². The van der Waals surface area contributed by atoms with E-state index in [2.05, 4.69) is 0 Å². The minimum atomic E-state index is -0.918. The number of benzene rings is 2. The first-order valence-electron chi connectivity index (χ1n) is 10.8. The van der Waals surface area contributed by atoms with Crippen molar-refractivity contribution >= 4 is 17.7 Å². The van der Waals surface area contributed by atoms with Crippen molar-refractivity contribution in [3.8, 4) is 0 Å². The molecule has 31 heavy (non-hydrogen) atoms. The molecule has 2 aromatic rings. The first kappa shape index (κ1) is 22.7. The normalized spacial score (nSPS) is 15.3. The topological polar surface area (TPSA) is 81.9 Å². The van der Waals surface area contributed by atoms with Crippen LogP contribution in [0.4, 0.5) is 10.5 Å². The first-order valence-corrected chi connectivity index (χ1v) is 10.8. The summed E-state index contributed by atoms with van der Waals surface area (Å²) in [6.45, 7) is 5.58.